The van der Waals surface area contributed by atoms with Crippen LogP contribution in [0, 0.1) is 6.92 Å². The maximum absolute atomic E-state index is 10.7. The second-order valence-corrected chi connectivity index (χ2v) is 5.80. The van der Waals surface area contributed by atoms with Gasteiger partial charge in [0.25, 0.3) is 0 Å². The molecule has 0 unspecified atom stereocenters. The standard InChI is InChI=1S/C20H17NO6/c1-11-19(12-3-6-14(26-2)7-4-12)20(27-21-11)15-9-13(5-8-18(24)25)16(22)10-17(15)23/h3-10,22-23H,1-2H3,(H,24,25). The van der Waals surface area contributed by atoms with Crippen molar-refractivity contribution in [2.45, 2.75) is 6.92 Å². The van der Waals surface area contributed by atoms with E-state index in [0.29, 0.717) is 22.8 Å². The molecular formula is C20H17NO6. The van der Waals surface area contributed by atoms with Gasteiger partial charge in [0.1, 0.15) is 17.2 Å². The first-order valence-electron chi connectivity index (χ1n) is 7.98. The van der Waals surface area contributed by atoms with E-state index in [2.05, 4.69) is 5.16 Å². The first-order chi connectivity index (χ1) is 12.9. The molecule has 0 aliphatic rings. The number of carboxylic acid groups (broad SMARTS) is 1. The average Bonchev–Trinajstić information content (AvgIpc) is 3.02. The maximum atomic E-state index is 10.7. The lowest BCUT2D eigenvalue weighted by Crippen LogP contribution is -1.88. The van der Waals surface area contributed by atoms with Gasteiger partial charge in [0.15, 0.2) is 5.76 Å². The van der Waals surface area contributed by atoms with Crippen molar-refractivity contribution < 1.29 is 29.4 Å². The lowest BCUT2D eigenvalue weighted by atomic mass is 9.97. The van der Waals surface area contributed by atoms with Crippen LogP contribution in [0.2, 0.25) is 0 Å². The summed E-state index contributed by atoms with van der Waals surface area (Å²) in [5, 5.41) is 33.0. The molecule has 138 valence electrons. The van der Waals surface area contributed by atoms with Crippen molar-refractivity contribution >= 4 is 12.0 Å². The number of carbonyl (C=O) groups is 1. The van der Waals surface area contributed by atoms with Crippen molar-refractivity contribution in [2.24, 2.45) is 0 Å². The monoisotopic (exact) mass is 367 g/mol. The molecule has 0 aliphatic heterocycles. The smallest absolute Gasteiger partial charge is 0.328 e. The highest BCUT2D eigenvalue weighted by Gasteiger charge is 2.21. The second-order valence-electron chi connectivity index (χ2n) is 5.80. The van der Waals surface area contributed by atoms with Crippen LogP contribution in [0.1, 0.15) is 11.3 Å². The molecule has 7 heteroatoms. The molecule has 2 aromatic carbocycles. The first kappa shape index (κ1) is 18.1. The number of carboxylic acids is 1. The predicted octanol–water partition coefficient (Wildman–Crippen LogP) is 3.83. The van der Waals surface area contributed by atoms with Gasteiger partial charge in [-0.3, -0.25) is 0 Å². The van der Waals surface area contributed by atoms with Crippen molar-refractivity contribution in [3.8, 4) is 39.7 Å². The van der Waals surface area contributed by atoms with Crippen molar-refractivity contribution in [3.05, 3.63) is 53.7 Å². The van der Waals surface area contributed by atoms with E-state index >= 15 is 0 Å². The normalized spacial score (nSPS) is 11.0. The molecule has 3 aromatic rings. The van der Waals surface area contributed by atoms with Crippen LogP contribution in [-0.4, -0.2) is 33.6 Å². The minimum absolute atomic E-state index is 0.217. The summed E-state index contributed by atoms with van der Waals surface area (Å²) >= 11 is 0. The summed E-state index contributed by atoms with van der Waals surface area (Å²) in [7, 11) is 1.58. The van der Waals surface area contributed by atoms with Crippen molar-refractivity contribution in [1.82, 2.24) is 5.16 Å². The number of rotatable bonds is 5. The molecule has 27 heavy (non-hydrogen) atoms. The quantitative estimate of drug-likeness (QED) is 0.587. The van der Waals surface area contributed by atoms with E-state index in [1.54, 1.807) is 26.2 Å². The summed E-state index contributed by atoms with van der Waals surface area (Å²) in [5.41, 5.74) is 2.60. The number of aryl methyl sites for hydroxylation is 1. The molecule has 0 bridgehead atoms. The van der Waals surface area contributed by atoms with Crippen LogP contribution in [0.5, 0.6) is 17.2 Å². The zero-order valence-corrected chi connectivity index (χ0v) is 14.6. The van der Waals surface area contributed by atoms with Gasteiger partial charge < -0.3 is 24.6 Å². The molecule has 0 atom stereocenters. The predicted molar refractivity (Wildman–Crippen MR) is 98.7 cm³/mol. The Morgan fingerprint density at radius 2 is 1.85 bits per heavy atom. The number of aromatic hydroxyl groups is 2. The van der Waals surface area contributed by atoms with Gasteiger partial charge in [-0.25, -0.2) is 4.79 Å². The van der Waals surface area contributed by atoms with E-state index in [1.807, 2.05) is 12.1 Å². The number of benzene rings is 2. The molecule has 0 radical (unpaired) electrons. The zero-order valence-electron chi connectivity index (χ0n) is 14.6. The summed E-state index contributed by atoms with van der Waals surface area (Å²) in [4.78, 5) is 10.7. The molecule has 0 saturated carbocycles. The zero-order chi connectivity index (χ0) is 19.6. The van der Waals surface area contributed by atoms with Gasteiger partial charge in [0.2, 0.25) is 0 Å². The van der Waals surface area contributed by atoms with Gasteiger partial charge in [-0.2, -0.15) is 0 Å². The molecular weight excluding hydrogens is 350 g/mol. The summed E-state index contributed by atoms with van der Waals surface area (Å²) in [6.45, 7) is 1.77. The molecule has 3 N–H and O–H groups in total. The number of phenolic OH excluding ortho intramolecular Hbond substituents is 2. The number of nitrogens with zero attached hydrogens (tertiary/aromatic N) is 1. The Hall–Kier alpha value is -3.74. The fraction of sp³-hybridized carbons (Fsp3) is 0.100. The molecule has 0 aliphatic carbocycles. The molecule has 0 spiro atoms. The van der Waals surface area contributed by atoms with Gasteiger partial charge in [0.05, 0.1) is 23.9 Å². The van der Waals surface area contributed by atoms with Crippen LogP contribution >= 0.6 is 0 Å². The van der Waals surface area contributed by atoms with Crippen LogP contribution in [0.3, 0.4) is 0 Å². The Kier molecular flexibility index (Phi) is 4.85. The fourth-order valence-electron chi connectivity index (χ4n) is 2.72. The van der Waals surface area contributed by atoms with E-state index in [1.165, 1.54) is 12.1 Å². The molecule has 0 amide bonds. The summed E-state index contributed by atoms with van der Waals surface area (Å²) < 4.78 is 10.6. The Morgan fingerprint density at radius 1 is 1.15 bits per heavy atom. The Bertz CT molecular complexity index is 1020. The lowest BCUT2D eigenvalue weighted by Gasteiger charge is -2.08. The van der Waals surface area contributed by atoms with Crippen LogP contribution in [-0.2, 0) is 4.79 Å². The Labute approximate surface area is 154 Å². The highest BCUT2D eigenvalue weighted by atomic mass is 16.5. The number of aromatic nitrogens is 1. The molecule has 3 rings (SSSR count). The molecule has 0 fully saturated rings. The number of methoxy groups -OCH3 is 1. The number of hydrogen-bond acceptors (Lipinski definition) is 6. The molecule has 0 saturated heterocycles. The Morgan fingerprint density at radius 3 is 2.48 bits per heavy atom. The first-order valence-corrected chi connectivity index (χ1v) is 7.98. The van der Waals surface area contributed by atoms with E-state index in [4.69, 9.17) is 14.4 Å². The van der Waals surface area contributed by atoms with Gasteiger partial charge in [-0.15, -0.1) is 0 Å². The SMILES string of the molecule is COc1ccc(-c2c(C)noc2-c2cc(C=CC(=O)O)c(O)cc2O)cc1. The largest absolute Gasteiger partial charge is 0.507 e. The minimum atomic E-state index is -1.15. The fourth-order valence-corrected chi connectivity index (χ4v) is 2.72. The van der Waals surface area contributed by atoms with Crippen LogP contribution in [0.25, 0.3) is 28.5 Å². The third kappa shape index (κ3) is 3.62. The van der Waals surface area contributed by atoms with Crippen LogP contribution in [0.15, 0.2) is 47.0 Å². The molecule has 1 aromatic heterocycles. The van der Waals surface area contributed by atoms with E-state index in [9.17, 15) is 15.0 Å². The van der Waals surface area contributed by atoms with E-state index in [0.717, 1.165) is 17.7 Å². The number of hydrogen-bond donors (Lipinski definition) is 3. The minimum Gasteiger partial charge on any atom is -0.507 e. The number of phenols is 2. The summed E-state index contributed by atoms with van der Waals surface area (Å²) in [6.07, 6.45) is 2.13. The van der Waals surface area contributed by atoms with Gasteiger partial charge in [0, 0.05) is 17.7 Å². The van der Waals surface area contributed by atoms with Crippen molar-refractivity contribution in [2.75, 3.05) is 7.11 Å². The van der Waals surface area contributed by atoms with Gasteiger partial charge in [-0.1, -0.05) is 17.3 Å². The molecule has 1 heterocycles. The number of ether oxygens (including phenoxy) is 1. The highest BCUT2D eigenvalue weighted by Crippen LogP contribution is 2.41. The molecule has 7 nitrogen and oxygen atoms in total. The van der Waals surface area contributed by atoms with Crippen molar-refractivity contribution in [1.29, 1.82) is 0 Å². The van der Waals surface area contributed by atoms with Gasteiger partial charge >= 0.3 is 5.97 Å². The second kappa shape index (κ2) is 7.25. The lowest BCUT2D eigenvalue weighted by molar-refractivity contribution is -0.131. The van der Waals surface area contributed by atoms with E-state index in [-0.39, 0.29) is 22.6 Å². The topological polar surface area (TPSA) is 113 Å². The third-order valence-electron chi connectivity index (χ3n) is 4.04. The highest BCUT2D eigenvalue weighted by molar-refractivity contribution is 5.88. The van der Waals surface area contributed by atoms with Crippen molar-refractivity contribution in [3.63, 3.8) is 0 Å². The Balaban J connectivity index is 2.14. The van der Waals surface area contributed by atoms with Crippen LogP contribution < -0.4 is 4.74 Å². The van der Waals surface area contributed by atoms with Crippen LogP contribution in [0.4, 0.5) is 0 Å². The summed E-state index contributed by atoms with van der Waals surface area (Å²) in [5.74, 6) is -0.622. The van der Waals surface area contributed by atoms with E-state index < -0.39 is 5.97 Å². The summed E-state index contributed by atoms with van der Waals surface area (Å²) in [6, 6.07) is 9.84. The van der Waals surface area contributed by atoms with Gasteiger partial charge in [-0.05, 0) is 36.8 Å². The maximum Gasteiger partial charge on any atom is 0.328 e. The average molecular weight is 367 g/mol. The number of aliphatic carboxylic acids is 1. The third-order valence-corrected chi connectivity index (χ3v) is 4.04.